The number of nitrogens with zero attached hydrogens (tertiary/aromatic N) is 3. The number of rotatable bonds is 7. The van der Waals surface area contributed by atoms with Gasteiger partial charge in [-0.15, -0.1) is 0 Å². The Labute approximate surface area is 237 Å². The van der Waals surface area contributed by atoms with Crippen molar-refractivity contribution < 1.29 is 28.2 Å². The lowest BCUT2D eigenvalue weighted by molar-refractivity contribution is -0.141. The number of fused-ring (bicyclic) bond motifs is 3. The molecule has 12 heteroatoms. The van der Waals surface area contributed by atoms with E-state index in [1.54, 1.807) is 41.4 Å². The smallest absolute Gasteiger partial charge is 0.328 e. The van der Waals surface area contributed by atoms with Crippen LogP contribution >= 0.6 is 0 Å². The summed E-state index contributed by atoms with van der Waals surface area (Å²) in [6.45, 7) is 6.16. The molecule has 3 atom stereocenters. The Hall–Kier alpha value is -4.16. The van der Waals surface area contributed by atoms with Gasteiger partial charge in [0.2, 0.25) is 5.91 Å². The van der Waals surface area contributed by atoms with Gasteiger partial charge in [-0.05, 0) is 50.1 Å². The van der Waals surface area contributed by atoms with Crippen LogP contribution < -0.4 is 20.7 Å². The third-order valence-corrected chi connectivity index (χ3v) is 7.42. The summed E-state index contributed by atoms with van der Waals surface area (Å²) in [5.41, 5.74) is 1.52. The molecule has 4 aliphatic heterocycles. The first kappa shape index (κ1) is 27.0. The lowest BCUT2D eigenvalue weighted by Gasteiger charge is -2.40. The van der Waals surface area contributed by atoms with Gasteiger partial charge in [0, 0.05) is 31.9 Å². The third-order valence-electron chi connectivity index (χ3n) is 7.42. The second kappa shape index (κ2) is 11.0. The summed E-state index contributed by atoms with van der Waals surface area (Å²) in [5.74, 6) is 0.184. The molecule has 11 nitrogen and oxygen atoms in total. The molecule has 5 heterocycles. The molecule has 4 aliphatic rings. The van der Waals surface area contributed by atoms with Gasteiger partial charge in [-0.1, -0.05) is 18.2 Å². The Morgan fingerprint density at radius 1 is 1.27 bits per heavy atom. The molecule has 0 aliphatic carbocycles. The first-order valence-electron chi connectivity index (χ1n) is 13.7. The first-order valence-corrected chi connectivity index (χ1v) is 13.7. The van der Waals surface area contributed by atoms with Crippen LogP contribution in [0.2, 0.25) is 0 Å². The zero-order valence-corrected chi connectivity index (χ0v) is 22.9. The molecule has 2 bridgehead atoms. The van der Waals surface area contributed by atoms with Gasteiger partial charge in [0.05, 0.1) is 18.3 Å². The molecule has 2 saturated heterocycles. The van der Waals surface area contributed by atoms with Gasteiger partial charge in [-0.3, -0.25) is 15.0 Å². The minimum atomic E-state index is -0.696. The SMILES string of the molecule is CC1(C)OC[C@H](COc2ccnc(NC(=O)N3C4=C(C=CC(C(=O)NCc5cccc(F)c5)N4)N4CC[C@H]3C4)c2)O1. The molecular formula is C29H33FN6O5. The van der Waals surface area contributed by atoms with Crippen LogP contribution in [0, 0.1) is 5.82 Å². The highest BCUT2D eigenvalue weighted by atomic mass is 19.1. The van der Waals surface area contributed by atoms with Gasteiger partial charge in [-0.2, -0.15) is 0 Å². The fourth-order valence-electron chi connectivity index (χ4n) is 5.48. The molecule has 216 valence electrons. The number of urea groups is 1. The number of pyridine rings is 1. The molecule has 0 spiro atoms. The normalized spacial score (nSPS) is 24.1. The first-order chi connectivity index (χ1) is 19.7. The number of dihydropyridines is 1. The highest BCUT2D eigenvalue weighted by Crippen LogP contribution is 2.34. The molecular weight excluding hydrogens is 531 g/mol. The van der Waals surface area contributed by atoms with Crippen LogP contribution in [0.3, 0.4) is 0 Å². The number of anilines is 1. The fraction of sp³-hybridized carbons (Fsp3) is 0.414. The van der Waals surface area contributed by atoms with Crippen LogP contribution in [0.5, 0.6) is 5.75 Å². The number of hydrogen-bond acceptors (Lipinski definition) is 8. The highest BCUT2D eigenvalue weighted by Gasteiger charge is 2.42. The average molecular weight is 565 g/mol. The van der Waals surface area contributed by atoms with Crippen LogP contribution in [0.25, 0.3) is 0 Å². The predicted molar refractivity (Wildman–Crippen MR) is 147 cm³/mol. The number of amides is 3. The summed E-state index contributed by atoms with van der Waals surface area (Å²) in [5, 5.41) is 8.98. The molecule has 41 heavy (non-hydrogen) atoms. The Kier molecular flexibility index (Phi) is 7.26. The summed E-state index contributed by atoms with van der Waals surface area (Å²) >= 11 is 0. The van der Waals surface area contributed by atoms with Crippen molar-refractivity contribution in [2.45, 2.75) is 50.8 Å². The van der Waals surface area contributed by atoms with Crippen molar-refractivity contribution >= 4 is 17.8 Å². The molecule has 1 unspecified atom stereocenters. The van der Waals surface area contributed by atoms with Crippen LogP contribution in [-0.4, -0.2) is 77.0 Å². The summed E-state index contributed by atoms with van der Waals surface area (Å²) < 4.78 is 30.8. The summed E-state index contributed by atoms with van der Waals surface area (Å²) in [4.78, 5) is 34.8. The van der Waals surface area contributed by atoms with E-state index in [4.69, 9.17) is 14.2 Å². The lowest BCUT2D eigenvalue weighted by atomic mass is 10.1. The largest absolute Gasteiger partial charge is 0.491 e. The number of carbonyl (C=O) groups is 2. The van der Waals surface area contributed by atoms with E-state index in [0.717, 1.165) is 18.7 Å². The van der Waals surface area contributed by atoms with Gasteiger partial charge in [0.25, 0.3) is 0 Å². The molecule has 1 aromatic heterocycles. The predicted octanol–water partition coefficient (Wildman–Crippen LogP) is 2.69. The maximum atomic E-state index is 13.6. The van der Waals surface area contributed by atoms with Gasteiger partial charge in [0.1, 0.15) is 42.0 Å². The number of carbonyl (C=O) groups excluding carboxylic acids is 2. The van der Waals surface area contributed by atoms with E-state index in [9.17, 15) is 14.0 Å². The molecule has 6 rings (SSSR count). The van der Waals surface area contributed by atoms with E-state index in [-0.39, 0.29) is 36.4 Å². The number of ether oxygens (including phenoxy) is 3. The molecule has 2 aromatic rings. The number of halogens is 1. The van der Waals surface area contributed by atoms with Crippen molar-refractivity contribution in [1.82, 2.24) is 25.4 Å². The van der Waals surface area contributed by atoms with Crippen molar-refractivity contribution in [3.8, 4) is 5.75 Å². The topological polar surface area (TPSA) is 117 Å². The molecule has 0 radical (unpaired) electrons. The van der Waals surface area contributed by atoms with Gasteiger partial charge in [0.15, 0.2) is 5.79 Å². The number of hydrogen-bond donors (Lipinski definition) is 3. The summed E-state index contributed by atoms with van der Waals surface area (Å²) in [6, 6.07) is 8.35. The minimum absolute atomic E-state index is 0.0638. The standard InChI is InChI=1S/C29H33FN6O5/c1-29(2)40-17-22(41-29)16-39-21-8-10-31-25(13-21)34-28(38)36-20-9-11-35(15-20)24-7-6-23(33-26(24)36)27(37)32-14-18-4-3-5-19(30)12-18/h3-8,10,12-13,20,22-23,33H,9,11,14-17H2,1-2H3,(H,32,37)(H,31,34,38)/t20-,22-,23?/m0/s1. The Balaban J connectivity index is 1.11. The Bertz CT molecular complexity index is 1400. The molecule has 1 aromatic carbocycles. The Morgan fingerprint density at radius 3 is 2.95 bits per heavy atom. The third kappa shape index (κ3) is 5.98. The maximum absolute atomic E-state index is 13.6. The van der Waals surface area contributed by atoms with Gasteiger partial charge >= 0.3 is 6.03 Å². The number of benzene rings is 1. The van der Waals surface area contributed by atoms with E-state index < -0.39 is 11.8 Å². The van der Waals surface area contributed by atoms with Crippen molar-refractivity contribution in [2.24, 2.45) is 0 Å². The van der Waals surface area contributed by atoms with Crippen molar-refractivity contribution in [3.63, 3.8) is 0 Å². The van der Waals surface area contributed by atoms with Crippen molar-refractivity contribution in [3.05, 3.63) is 77.6 Å². The lowest BCUT2D eigenvalue weighted by Crippen LogP contribution is -2.55. The number of allylic oxidation sites excluding steroid dienone is 1. The van der Waals surface area contributed by atoms with Crippen molar-refractivity contribution in [1.29, 1.82) is 0 Å². The van der Waals surface area contributed by atoms with Crippen LogP contribution in [0.15, 0.2) is 66.3 Å². The number of nitrogens with one attached hydrogen (secondary N) is 3. The zero-order chi connectivity index (χ0) is 28.6. The van der Waals surface area contributed by atoms with Crippen LogP contribution in [0.4, 0.5) is 15.0 Å². The fourth-order valence-corrected chi connectivity index (χ4v) is 5.48. The van der Waals surface area contributed by atoms with Gasteiger partial charge < -0.3 is 29.7 Å². The molecule has 2 fully saturated rings. The molecule has 3 amide bonds. The summed E-state index contributed by atoms with van der Waals surface area (Å²) in [7, 11) is 0. The van der Waals surface area contributed by atoms with E-state index in [0.29, 0.717) is 42.7 Å². The van der Waals surface area contributed by atoms with Crippen molar-refractivity contribution in [2.75, 3.05) is 31.6 Å². The Morgan fingerprint density at radius 2 is 2.15 bits per heavy atom. The van der Waals surface area contributed by atoms with Crippen LogP contribution in [-0.2, 0) is 20.8 Å². The number of aromatic nitrogens is 1. The molecule has 3 N–H and O–H groups in total. The van der Waals surface area contributed by atoms with E-state index in [1.807, 2.05) is 19.9 Å². The monoisotopic (exact) mass is 564 g/mol. The second-order valence-corrected chi connectivity index (χ2v) is 10.9. The second-order valence-electron chi connectivity index (χ2n) is 10.9. The van der Waals surface area contributed by atoms with Gasteiger partial charge in [-0.25, -0.2) is 14.2 Å². The van der Waals surface area contributed by atoms with Crippen LogP contribution in [0.1, 0.15) is 25.8 Å². The maximum Gasteiger partial charge on any atom is 0.328 e. The van der Waals surface area contributed by atoms with E-state index in [1.165, 1.54) is 12.1 Å². The van der Waals surface area contributed by atoms with E-state index >= 15 is 0 Å². The minimum Gasteiger partial charge on any atom is -0.491 e. The highest BCUT2D eigenvalue weighted by molar-refractivity contribution is 5.91. The average Bonchev–Trinajstić information content (AvgIpc) is 3.53. The summed E-state index contributed by atoms with van der Waals surface area (Å²) in [6.07, 6.45) is 5.83. The quantitative estimate of drug-likeness (QED) is 0.470. The zero-order valence-electron chi connectivity index (χ0n) is 22.9. The molecule has 0 saturated carbocycles. The van der Waals surface area contributed by atoms with E-state index in [2.05, 4.69) is 25.8 Å².